The molecule has 0 aliphatic carbocycles. The maximum Gasteiger partial charge on any atom is 0.194 e. The zero-order chi connectivity index (χ0) is 25.2. The molecular weight excluding hydrogens is 462 g/mol. The van der Waals surface area contributed by atoms with Crippen LogP contribution in [0.1, 0.15) is 21.5 Å². The first-order valence-electron chi connectivity index (χ1n) is 11.9. The Labute approximate surface area is 208 Å². The normalized spacial score (nSPS) is 14.1. The monoisotopic (exact) mass is 488 g/mol. The minimum atomic E-state index is -0.407. The molecule has 0 spiro atoms. The third-order valence-corrected chi connectivity index (χ3v) is 6.61. The van der Waals surface area contributed by atoms with E-state index in [1.54, 1.807) is 55.5 Å². The van der Waals surface area contributed by atoms with E-state index >= 15 is 4.39 Å². The third kappa shape index (κ3) is 4.66. The van der Waals surface area contributed by atoms with E-state index in [0.717, 1.165) is 19.6 Å². The number of aryl methyl sites for hydroxylation is 1. The molecule has 1 aromatic heterocycles. The van der Waals surface area contributed by atoms with Crippen LogP contribution in [0.4, 0.5) is 8.78 Å². The van der Waals surface area contributed by atoms with E-state index in [4.69, 9.17) is 4.74 Å². The molecule has 184 valence electrons. The van der Waals surface area contributed by atoms with Gasteiger partial charge in [-0.3, -0.25) is 19.1 Å². The number of fused-ring (bicyclic) bond motifs is 1. The minimum Gasteiger partial charge on any atom is -0.508 e. The Hall–Kier alpha value is -3.84. The molecule has 1 aliphatic heterocycles. The Morgan fingerprint density at radius 3 is 2.64 bits per heavy atom. The molecule has 3 aromatic carbocycles. The van der Waals surface area contributed by atoms with E-state index in [1.807, 2.05) is 0 Å². The second-order valence-electron chi connectivity index (χ2n) is 9.17. The highest BCUT2D eigenvalue weighted by molar-refractivity contribution is 6.19. The molecule has 1 saturated heterocycles. The number of rotatable bonds is 8. The van der Waals surface area contributed by atoms with Crippen molar-refractivity contribution in [3.05, 3.63) is 89.4 Å². The maximum absolute atomic E-state index is 15.1. The van der Waals surface area contributed by atoms with Crippen molar-refractivity contribution in [2.24, 2.45) is 5.92 Å². The van der Waals surface area contributed by atoms with Crippen LogP contribution in [0.2, 0.25) is 0 Å². The Kier molecular flexibility index (Phi) is 6.65. The van der Waals surface area contributed by atoms with Crippen molar-refractivity contribution in [1.29, 1.82) is 0 Å². The topological polar surface area (TPSA) is 62.7 Å². The first-order chi connectivity index (χ1) is 17.4. The van der Waals surface area contributed by atoms with E-state index in [9.17, 15) is 14.3 Å². The highest BCUT2D eigenvalue weighted by Gasteiger charge is 2.26. The third-order valence-electron chi connectivity index (χ3n) is 6.61. The molecule has 0 unspecified atom stereocenters. The molecule has 0 amide bonds. The quantitative estimate of drug-likeness (QED) is 0.329. The maximum atomic E-state index is 15.1. The molecule has 0 bridgehead atoms. The average Bonchev–Trinajstić information content (AvgIpc) is 2.86. The van der Waals surface area contributed by atoms with Crippen molar-refractivity contribution in [1.82, 2.24) is 9.88 Å². The van der Waals surface area contributed by atoms with Crippen molar-refractivity contribution in [2.45, 2.75) is 6.92 Å². The summed E-state index contributed by atoms with van der Waals surface area (Å²) >= 11 is 0. The number of hydrogen-bond acceptors (Lipinski definition) is 5. The van der Waals surface area contributed by atoms with Crippen LogP contribution >= 0.6 is 0 Å². The fourth-order valence-corrected chi connectivity index (χ4v) is 4.58. The van der Waals surface area contributed by atoms with E-state index in [-0.39, 0.29) is 24.1 Å². The number of carbonyl (C=O) groups excluding carboxylic acids is 1. The fraction of sp³-hybridized carbons (Fsp3) is 0.241. The van der Waals surface area contributed by atoms with Crippen LogP contribution < -0.4 is 4.74 Å². The van der Waals surface area contributed by atoms with Crippen LogP contribution in [-0.2, 0) is 0 Å². The van der Waals surface area contributed by atoms with Crippen LogP contribution in [-0.4, -0.2) is 53.7 Å². The van der Waals surface area contributed by atoms with Crippen LogP contribution in [0.5, 0.6) is 11.5 Å². The number of ether oxygens (including phenoxy) is 1. The second kappa shape index (κ2) is 10.0. The van der Waals surface area contributed by atoms with Gasteiger partial charge in [0.2, 0.25) is 0 Å². The molecule has 0 radical (unpaired) electrons. The molecule has 1 N–H and O–H groups in total. The van der Waals surface area contributed by atoms with Crippen LogP contribution in [0.25, 0.3) is 22.0 Å². The van der Waals surface area contributed by atoms with Crippen molar-refractivity contribution >= 4 is 16.7 Å². The number of alkyl halides is 1. The smallest absolute Gasteiger partial charge is 0.194 e. The second-order valence-corrected chi connectivity index (χ2v) is 9.17. The largest absolute Gasteiger partial charge is 0.508 e. The fourth-order valence-electron chi connectivity index (χ4n) is 4.58. The van der Waals surface area contributed by atoms with Crippen molar-refractivity contribution in [3.8, 4) is 22.6 Å². The number of benzene rings is 3. The molecular formula is C29H26F2N2O3. The van der Waals surface area contributed by atoms with Crippen LogP contribution in [0, 0.1) is 18.7 Å². The SMILES string of the molecule is Cc1cccc(-c2cnc3cc(O)ccc3c2C(=O)c2ccc(OCCN3CC(CF)C3)cc2)c1F. The van der Waals surface area contributed by atoms with Gasteiger partial charge in [0.05, 0.1) is 12.2 Å². The van der Waals surface area contributed by atoms with Gasteiger partial charge in [-0.1, -0.05) is 18.2 Å². The summed E-state index contributed by atoms with van der Waals surface area (Å²) < 4.78 is 33.4. The molecule has 0 saturated carbocycles. The molecule has 2 heterocycles. The number of ketones is 1. The van der Waals surface area contributed by atoms with Gasteiger partial charge in [0.25, 0.3) is 0 Å². The number of pyridine rings is 1. The summed E-state index contributed by atoms with van der Waals surface area (Å²) in [6.07, 6.45) is 1.48. The van der Waals surface area contributed by atoms with Gasteiger partial charge < -0.3 is 9.84 Å². The Morgan fingerprint density at radius 1 is 1.11 bits per heavy atom. The number of nitrogens with zero attached hydrogens (tertiary/aromatic N) is 2. The number of aromatic nitrogens is 1. The Morgan fingerprint density at radius 2 is 1.89 bits per heavy atom. The summed E-state index contributed by atoms with van der Waals surface area (Å²) in [5, 5.41) is 10.4. The molecule has 5 nitrogen and oxygen atoms in total. The zero-order valence-corrected chi connectivity index (χ0v) is 19.9. The lowest BCUT2D eigenvalue weighted by molar-refractivity contribution is 0.0668. The number of likely N-dealkylation sites (tertiary alicyclic amines) is 1. The standard InChI is InChI=1S/C29H26F2N2O3/c1-18-3-2-4-23(28(18)31)25-15-32-26-13-21(34)7-10-24(26)27(25)29(35)20-5-8-22(9-6-20)36-12-11-33-16-19(14-30)17-33/h2-10,13,15,19,34H,11-12,14,16-17H2,1H3. The molecule has 7 heteroatoms. The Balaban J connectivity index is 1.44. The van der Waals surface area contributed by atoms with E-state index < -0.39 is 5.82 Å². The van der Waals surface area contributed by atoms with Gasteiger partial charge in [-0.15, -0.1) is 0 Å². The van der Waals surface area contributed by atoms with Gasteiger partial charge >= 0.3 is 0 Å². The Bertz CT molecular complexity index is 1420. The molecule has 5 rings (SSSR count). The molecule has 0 atom stereocenters. The average molecular weight is 489 g/mol. The highest BCUT2D eigenvalue weighted by Crippen LogP contribution is 2.34. The highest BCUT2D eigenvalue weighted by atomic mass is 19.1. The number of phenolic OH excluding ortho intramolecular Hbond substituents is 1. The summed E-state index contributed by atoms with van der Waals surface area (Å²) in [6.45, 7) is 4.11. The summed E-state index contributed by atoms with van der Waals surface area (Å²) in [4.78, 5) is 20.3. The molecule has 4 aromatic rings. The predicted molar refractivity (Wildman–Crippen MR) is 135 cm³/mol. The lowest BCUT2D eigenvalue weighted by Crippen LogP contribution is -2.49. The number of halogens is 2. The van der Waals surface area contributed by atoms with E-state index in [0.29, 0.717) is 51.1 Å². The van der Waals surface area contributed by atoms with E-state index in [1.165, 1.54) is 18.3 Å². The lowest BCUT2D eigenvalue weighted by atomic mass is 9.91. The van der Waals surface area contributed by atoms with E-state index in [2.05, 4.69) is 9.88 Å². The van der Waals surface area contributed by atoms with Crippen LogP contribution in [0.3, 0.4) is 0 Å². The van der Waals surface area contributed by atoms with Crippen molar-refractivity contribution < 1.29 is 23.4 Å². The molecule has 1 fully saturated rings. The number of carbonyl (C=O) groups is 1. The zero-order valence-electron chi connectivity index (χ0n) is 19.9. The number of aromatic hydroxyl groups is 1. The minimum absolute atomic E-state index is 0.0304. The molecule has 1 aliphatic rings. The number of phenols is 1. The lowest BCUT2D eigenvalue weighted by Gasteiger charge is -2.37. The van der Waals surface area contributed by atoms with Gasteiger partial charge in [0, 0.05) is 65.5 Å². The summed E-state index contributed by atoms with van der Waals surface area (Å²) in [5.74, 6) is 0.108. The van der Waals surface area contributed by atoms with Gasteiger partial charge in [0.15, 0.2) is 5.78 Å². The van der Waals surface area contributed by atoms with Gasteiger partial charge in [-0.05, 0) is 48.9 Å². The first-order valence-corrected chi connectivity index (χ1v) is 11.9. The van der Waals surface area contributed by atoms with Crippen LogP contribution in [0.15, 0.2) is 66.9 Å². The van der Waals surface area contributed by atoms with Crippen molar-refractivity contribution in [2.75, 3.05) is 32.9 Å². The van der Waals surface area contributed by atoms with Gasteiger partial charge in [-0.25, -0.2) is 4.39 Å². The summed E-state index contributed by atoms with van der Waals surface area (Å²) in [6, 6.07) is 16.5. The first kappa shape index (κ1) is 23.9. The van der Waals surface area contributed by atoms with Gasteiger partial charge in [-0.2, -0.15) is 0 Å². The summed E-state index contributed by atoms with van der Waals surface area (Å²) in [7, 11) is 0. The van der Waals surface area contributed by atoms with Crippen molar-refractivity contribution in [3.63, 3.8) is 0 Å². The molecule has 36 heavy (non-hydrogen) atoms. The summed E-state index contributed by atoms with van der Waals surface area (Å²) in [5.41, 5.74) is 2.33. The predicted octanol–water partition coefficient (Wildman–Crippen LogP) is 5.57. The van der Waals surface area contributed by atoms with Gasteiger partial charge in [0.1, 0.15) is 23.9 Å². The number of hydrogen-bond donors (Lipinski definition) is 1.